The van der Waals surface area contributed by atoms with E-state index in [4.69, 9.17) is 5.26 Å². The lowest BCUT2D eigenvalue weighted by atomic mass is 10.0. The number of aliphatic hydroxyl groups is 1. The Morgan fingerprint density at radius 3 is 2.50 bits per heavy atom. The predicted molar refractivity (Wildman–Crippen MR) is 74.5 cm³/mol. The lowest BCUT2D eigenvalue weighted by molar-refractivity contribution is 0.199. The maximum atomic E-state index is 9.78. The molecule has 0 amide bonds. The third-order valence-electron chi connectivity index (χ3n) is 3.06. The summed E-state index contributed by atoms with van der Waals surface area (Å²) in [6.45, 7) is 7.05. The maximum absolute atomic E-state index is 9.78. The zero-order chi connectivity index (χ0) is 13.7. The number of nitrogens with zero attached hydrogens (tertiary/aromatic N) is 2. The summed E-state index contributed by atoms with van der Waals surface area (Å²) in [6.07, 6.45) is 0.571. The number of hydrogen-bond donors (Lipinski definition) is 1. The molecule has 98 valence electrons. The standard InChI is InChI=1S/C15H22N2O/c1-11(2)7-8-17(4)15-9-13(10-16)5-6-14(15)12(3)18/h5-6,9,11-12,18H,7-8H2,1-4H3/t12-/m0/s1. The van der Waals surface area contributed by atoms with Crippen molar-refractivity contribution in [2.45, 2.75) is 33.3 Å². The van der Waals surface area contributed by atoms with Gasteiger partial charge in [-0.25, -0.2) is 0 Å². The van der Waals surface area contributed by atoms with Crippen LogP contribution < -0.4 is 4.90 Å². The van der Waals surface area contributed by atoms with Gasteiger partial charge in [-0.15, -0.1) is 0 Å². The van der Waals surface area contributed by atoms with Gasteiger partial charge in [0.05, 0.1) is 17.7 Å². The molecule has 3 nitrogen and oxygen atoms in total. The highest BCUT2D eigenvalue weighted by atomic mass is 16.3. The molecule has 0 aliphatic rings. The van der Waals surface area contributed by atoms with E-state index in [1.807, 2.05) is 19.2 Å². The van der Waals surface area contributed by atoms with E-state index < -0.39 is 6.10 Å². The van der Waals surface area contributed by atoms with Crippen molar-refractivity contribution < 1.29 is 5.11 Å². The van der Waals surface area contributed by atoms with E-state index in [-0.39, 0.29) is 0 Å². The Kier molecular flexibility index (Phi) is 5.18. The molecule has 0 saturated carbocycles. The van der Waals surface area contributed by atoms with Crippen molar-refractivity contribution in [3.05, 3.63) is 29.3 Å². The predicted octanol–water partition coefficient (Wildman–Crippen LogP) is 3.09. The first-order chi connectivity index (χ1) is 8.45. The summed E-state index contributed by atoms with van der Waals surface area (Å²) >= 11 is 0. The van der Waals surface area contributed by atoms with Crippen molar-refractivity contribution >= 4 is 5.69 Å². The van der Waals surface area contributed by atoms with Gasteiger partial charge in [-0.2, -0.15) is 5.26 Å². The van der Waals surface area contributed by atoms with E-state index in [1.165, 1.54) is 0 Å². The molecule has 0 aliphatic heterocycles. The van der Waals surface area contributed by atoms with Gasteiger partial charge in [0.15, 0.2) is 0 Å². The first-order valence-electron chi connectivity index (χ1n) is 6.39. The normalized spacial score (nSPS) is 12.3. The summed E-state index contributed by atoms with van der Waals surface area (Å²) in [4.78, 5) is 2.11. The molecule has 1 atom stereocenters. The van der Waals surface area contributed by atoms with E-state index in [1.54, 1.807) is 13.0 Å². The fraction of sp³-hybridized carbons (Fsp3) is 0.533. The van der Waals surface area contributed by atoms with E-state index in [0.29, 0.717) is 11.5 Å². The van der Waals surface area contributed by atoms with Gasteiger partial charge in [0.1, 0.15) is 0 Å². The molecule has 3 heteroatoms. The lowest BCUT2D eigenvalue weighted by Crippen LogP contribution is -2.21. The summed E-state index contributed by atoms with van der Waals surface area (Å²) in [5, 5.41) is 18.7. The van der Waals surface area contributed by atoms with E-state index in [2.05, 4.69) is 24.8 Å². The van der Waals surface area contributed by atoms with Crippen molar-refractivity contribution in [2.24, 2.45) is 5.92 Å². The Balaban J connectivity index is 3.00. The van der Waals surface area contributed by atoms with Gasteiger partial charge in [-0.05, 0) is 31.4 Å². The molecule has 0 unspecified atom stereocenters. The fourth-order valence-electron chi connectivity index (χ4n) is 1.87. The average Bonchev–Trinajstić information content (AvgIpc) is 2.34. The minimum absolute atomic E-state index is 0.519. The van der Waals surface area contributed by atoms with Crippen LogP contribution in [0.2, 0.25) is 0 Å². The van der Waals surface area contributed by atoms with Crippen LogP contribution >= 0.6 is 0 Å². The molecule has 1 aromatic carbocycles. The molecular weight excluding hydrogens is 224 g/mol. The third kappa shape index (κ3) is 3.75. The largest absolute Gasteiger partial charge is 0.389 e. The molecule has 0 bridgehead atoms. The minimum Gasteiger partial charge on any atom is -0.389 e. The Morgan fingerprint density at radius 1 is 1.33 bits per heavy atom. The smallest absolute Gasteiger partial charge is 0.0992 e. The Bertz CT molecular complexity index is 433. The molecular formula is C15H22N2O. The second-order valence-corrected chi connectivity index (χ2v) is 5.17. The second-order valence-electron chi connectivity index (χ2n) is 5.17. The van der Waals surface area contributed by atoms with Crippen LogP contribution in [-0.4, -0.2) is 18.7 Å². The van der Waals surface area contributed by atoms with Gasteiger partial charge >= 0.3 is 0 Å². The molecule has 1 aromatic rings. The lowest BCUT2D eigenvalue weighted by Gasteiger charge is -2.24. The van der Waals surface area contributed by atoms with Crippen molar-refractivity contribution in [3.8, 4) is 6.07 Å². The SMILES string of the molecule is CC(C)CCN(C)c1cc(C#N)ccc1[C@H](C)O. The van der Waals surface area contributed by atoms with Crippen molar-refractivity contribution in [3.63, 3.8) is 0 Å². The third-order valence-corrected chi connectivity index (χ3v) is 3.06. The monoisotopic (exact) mass is 246 g/mol. The maximum Gasteiger partial charge on any atom is 0.0992 e. The molecule has 0 aliphatic carbocycles. The van der Waals surface area contributed by atoms with Crippen LogP contribution in [0.1, 0.15) is 44.4 Å². The Hall–Kier alpha value is -1.53. The first kappa shape index (κ1) is 14.5. The van der Waals surface area contributed by atoms with Crippen LogP contribution in [0.15, 0.2) is 18.2 Å². The van der Waals surface area contributed by atoms with Crippen LogP contribution in [0.4, 0.5) is 5.69 Å². The van der Waals surface area contributed by atoms with Crippen molar-refractivity contribution in [1.82, 2.24) is 0 Å². The number of nitriles is 1. The van der Waals surface area contributed by atoms with Crippen LogP contribution in [-0.2, 0) is 0 Å². The van der Waals surface area contributed by atoms with Crippen LogP contribution in [0.3, 0.4) is 0 Å². The molecule has 0 aromatic heterocycles. The zero-order valence-corrected chi connectivity index (χ0v) is 11.6. The van der Waals surface area contributed by atoms with Crippen LogP contribution in [0.5, 0.6) is 0 Å². The fourth-order valence-corrected chi connectivity index (χ4v) is 1.87. The summed E-state index contributed by atoms with van der Waals surface area (Å²) in [7, 11) is 2.00. The van der Waals surface area contributed by atoms with Crippen LogP contribution in [0.25, 0.3) is 0 Å². The molecule has 0 fully saturated rings. The summed E-state index contributed by atoms with van der Waals surface area (Å²) in [6, 6.07) is 7.58. The molecule has 0 spiro atoms. The average molecular weight is 246 g/mol. The highest BCUT2D eigenvalue weighted by Crippen LogP contribution is 2.27. The van der Waals surface area contributed by atoms with E-state index >= 15 is 0 Å². The number of benzene rings is 1. The summed E-state index contributed by atoms with van der Waals surface area (Å²) in [5.74, 6) is 0.640. The van der Waals surface area contributed by atoms with E-state index in [0.717, 1.165) is 24.2 Å². The quantitative estimate of drug-likeness (QED) is 0.868. The Labute approximate surface area is 110 Å². The van der Waals surface area contributed by atoms with Gasteiger partial charge in [-0.3, -0.25) is 0 Å². The first-order valence-corrected chi connectivity index (χ1v) is 6.39. The van der Waals surface area contributed by atoms with Gasteiger partial charge in [-0.1, -0.05) is 19.9 Å². The Morgan fingerprint density at radius 2 is 2.00 bits per heavy atom. The molecule has 1 rings (SSSR count). The zero-order valence-electron chi connectivity index (χ0n) is 11.6. The van der Waals surface area contributed by atoms with Gasteiger partial charge < -0.3 is 10.0 Å². The molecule has 1 N–H and O–H groups in total. The molecule has 18 heavy (non-hydrogen) atoms. The molecule has 0 saturated heterocycles. The number of anilines is 1. The topological polar surface area (TPSA) is 47.3 Å². The molecule has 0 radical (unpaired) electrons. The van der Waals surface area contributed by atoms with Crippen molar-refractivity contribution in [1.29, 1.82) is 5.26 Å². The summed E-state index contributed by atoms with van der Waals surface area (Å²) in [5.41, 5.74) is 2.45. The highest BCUT2D eigenvalue weighted by Gasteiger charge is 2.12. The number of hydrogen-bond acceptors (Lipinski definition) is 3. The highest BCUT2D eigenvalue weighted by molar-refractivity contribution is 5.58. The van der Waals surface area contributed by atoms with Gasteiger partial charge in [0, 0.05) is 24.8 Å². The number of aliphatic hydroxyl groups excluding tert-OH is 1. The van der Waals surface area contributed by atoms with Gasteiger partial charge in [0.2, 0.25) is 0 Å². The van der Waals surface area contributed by atoms with Crippen molar-refractivity contribution in [2.75, 3.05) is 18.5 Å². The van der Waals surface area contributed by atoms with Crippen LogP contribution in [0, 0.1) is 17.2 Å². The van der Waals surface area contributed by atoms with Gasteiger partial charge in [0.25, 0.3) is 0 Å². The summed E-state index contributed by atoms with van der Waals surface area (Å²) < 4.78 is 0. The second kappa shape index (κ2) is 6.42. The van der Waals surface area contributed by atoms with E-state index in [9.17, 15) is 5.11 Å². The minimum atomic E-state index is -0.519. The molecule has 0 heterocycles. The number of rotatable bonds is 5.